The molecule has 124 valence electrons. The van der Waals surface area contributed by atoms with Crippen molar-refractivity contribution in [2.75, 3.05) is 14.2 Å². The molecule has 24 heavy (non-hydrogen) atoms. The molecule has 0 bridgehead atoms. The molecule has 5 heteroatoms. The van der Waals surface area contributed by atoms with Gasteiger partial charge in [0.15, 0.2) is 0 Å². The summed E-state index contributed by atoms with van der Waals surface area (Å²) in [5.41, 5.74) is 5.44. The highest BCUT2D eigenvalue weighted by Crippen LogP contribution is 2.37. The molecule has 0 fully saturated rings. The zero-order valence-electron chi connectivity index (χ0n) is 13.7. The lowest BCUT2D eigenvalue weighted by Crippen LogP contribution is -2.18. The zero-order chi connectivity index (χ0) is 16.9. The number of hydrogen-bond acceptors (Lipinski definition) is 4. The van der Waals surface area contributed by atoms with Crippen LogP contribution in [-0.4, -0.2) is 25.1 Å². The van der Waals surface area contributed by atoms with Gasteiger partial charge in [-0.1, -0.05) is 30.3 Å². The standard InChI is InChI=1S/C19H20N2O3/c1-20-24-19(22)12-15(13-6-4-3-5-7-13)16-11-17-14(8-9-21-17)10-18(16)23-2/h3-11,15,20-21H,12H2,1-2H3. The van der Waals surface area contributed by atoms with Crippen LogP contribution in [0, 0.1) is 0 Å². The fourth-order valence-corrected chi connectivity index (χ4v) is 2.96. The molecular formula is C19H20N2O3. The lowest BCUT2D eigenvalue weighted by molar-refractivity contribution is -0.150. The van der Waals surface area contributed by atoms with Crippen molar-refractivity contribution < 1.29 is 14.4 Å². The van der Waals surface area contributed by atoms with Crippen molar-refractivity contribution in [2.24, 2.45) is 0 Å². The second-order valence-electron chi connectivity index (χ2n) is 5.50. The molecule has 0 radical (unpaired) electrons. The Hall–Kier alpha value is -2.79. The normalized spacial score (nSPS) is 12.1. The van der Waals surface area contributed by atoms with Crippen LogP contribution in [0.2, 0.25) is 0 Å². The molecular weight excluding hydrogens is 304 g/mol. The van der Waals surface area contributed by atoms with Crippen LogP contribution in [0.4, 0.5) is 0 Å². The summed E-state index contributed by atoms with van der Waals surface area (Å²) in [7, 11) is 3.21. The first-order valence-corrected chi connectivity index (χ1v) is 7.79. The first kappa shape index (κ1) is 16.1. The van der Waals surface area contributed by atoms with Crippen LogP contribution in [-0.2, 0) is 9.63 Å². The third kappa shape index (κ3) is 3.26. The molecule has 2 aromatic carbocycles. The number of aromatic amines is 1. The van der Waals surface area contributed by atoms with E-state index >= 15 is 0 Å². The van der Waals surface area contributed by atoms with E-state index in [1.165, 1.54) is 0 Å². The third-order valence-electron chi connectivity index (χ3n) is 4.07. The number of hydrogen-bond donors (Lipinski definition) is 2. The minimum absolute atomic E-state index is 0.158. The van der Waals surface area contributed by atoms with Gasteiger partial charge in [0.2, 0.25) is 0 Å². The Labute approximate surface area is 140 Å². The predicted octanol–water partition coefficient (Wildman–Crippen LogP) is 3.38. The first-order valence-electron chi connectivity index (χ1n) is 7.79. The summed E-state index contributed by atoms with van der Waals surface area (Å²) >= 11 is 0. The summed E-state index contributed by atoms with van der Waals surface area (Å²) < 4.78 is 5.59. The number of hydroxylamine groups is 1. The summed E-state index contributed by atoms with van der Waals surface area (Å²) in [4.78, 5) is 20.2. The van der Waals surface area contributed by atoms with E-state index in [9.17, 15) is 4.79 Å². The number of rotatable bonds is 6. The van der Waals surface area contributed by atoms with E-state index in [0.717, 1.165) is 27.8 Å². The maximum atomic E-state index is 12.1. The minimum atomic E-state index is -0.319. The molecule has 1 aromatic heterocycles. The molecule has 1 unspecified atom stereocenters. The van der Waals surface area contributed by atoms with Gasteiger partial charge in [-0.05, 0) is 23.8 Å². The van der Waals surface area contributed by atoms with Gasteiger partial charge in [0.1, 0.15) is 5.75 Å². The van der Waals surface area contributed by atoms with Gasteiger partial charge in [-0.3, -0.25) is 4.79 Å². The van der Waals surface area contributed by atoms with E-state index in [1.54, 1.807) is 14.2 Å². The van der Waals surface area contributed by atoms with E-state index in [-0.39, 0.29) is 18.3 Å². The van der Waals surface area contributed by atoms with Gasteiger partial charge in [-0.15, -0.1) is 0 Å². The summed E-state index contributed by atoms with van der Waals surface area (Å²) in [5, 5.41) is 1.07. The van der Waals surface area contributed by atoms with Gasteiger partial charge >= 0.3 is 5.97 Å². The number of nitrogens with one attached hydrogen (secondary N) is 2. The first-order chi connectivity index (χ1) is 11.7. The van der Waals surface area contributed by atoms with E-state index in [0.29, 0.717) is 0 Å². The second kappa shape index (κ2) is 7.19. The fraction of sp³-hybridized carbons (Fsp3) is 0.211. The Bertz CT molecular complexity index is 827. The number of benzene rings is 2. The van der Waals surface area contributed by atoms with Crippen LogP contribution in [0.1, 0.15) is 23.5 Å². The molecule has 2 N–H and O–H groups in total. The quantitative estimate of drug-likeness (QED) is 0.682. The lowest BCUT2D eigenvalue weighted by Gasteiger charge is -2.20. The molecule has 1 atom stereocenters. The molecule has 0 amide bonds. The monoisotopic (exact) mass is 324 g/mol. The Morgan fingerprint density at radius 1 is 1.21 bits per heavy atom. The van der Waals surface area contributed by atoms with Crippen LogP contribution in [0.15, 0.2) is 54.7 Å². The summed E-state index contributed by atoms with van der Waals surface area (Å²) in [6, 6.07) is 15.9. The number of ether oxygens (including phenoxy) is 1. The molecule has 0 saturated heterocycles. The summed E-state index contributed by atoms with van der Waals surface area (Å²) in [6.45, 7) is 0. The van der Waals surface area contributed by atoms with Crippen molar-refractivity contribution in [3.8, 4) is 5.75 Å². The highest BCUT2D eigenvalue weighted by molar-refractivity contribution is 5.83. The fourth-order valence-electron chi connectivity index (χ4n) is 2.96. The van der Waals surface area contributed by atoms with Crippen LogP contribution in [0.3, 0.4) is 0 Å². The van der Waals surface area contributed by atoms with E-state index in [4.69, 9.17) is 9.57 Å². The van der Waals surface area contributed by atoms with E-state index < -0.39 is 0 Å². The predicted molar refractivity (Wildman–Crippen MR) is 92.9 cm³/mol. The smallest absolute Gasteiger partial charge is 0.325 e. The second-order valence-corrected chi connectivity index (χ2v) is 5.50. The Balaban J connectivity index is 2.08. The average Bonchev–Trinajstić information content (AvgIpc) is 3.07. The Kier molecular flexibility index (Phi) is 4.82. The van der Waals surface area contributed by atoms with Crippen LogP contribution in [0.25, 0.3) is 10.9 Å². The largest absolute Gasteiger partial charge is 0.496 e. The molecule has 0 aliphatic rings. The highest BCUT2D eigenvalue weighted by Gasteiger charge is 2.23. The highest BCUT2D eigenvalue weighted by atomic mass is 16.7. The van der Waals surface area contributed by atoms with Crippen LogP contribution >= 0.6 is 0 Å². The molecule has 0 aliphatic carbocycles. The molecule has 0 aliphatic heterocycles. The lowest BCUT2D eigenvalue weighted by atomic mass is 9.87. The van der Waals surface area contributed by atoms with E-state index in [1.807, 2.05) is 54.7 Å². The zero-order valence-corrected chi connectivity index (χ0v) is 13.7. The number of H-pyrrole nitrogens is 1. The minimum Gasteiger partial charge on any atom is -0.496 e. The molecule has 1 heterocycles. The van der Waals surface area contributed by atoms with Crippen LogP contribution < -0.4 is 10.2 Å². The number of aromatic nitrogens is 1. The van der Waals surface area contributed by atoms with Crippen molar-refractivity contribution in [3.63, 3.8) is 0 Å². The van der Waals surface area contributed by atoms with Crippen molar-refractivity contribution in [1.29, 1.82) is 0 Å². The summed E-state index contributed by atoms with van der Waals surface area (Å²) in [5.74, 6) is 0.280. The average molecular weight is 324 g/mol. The van der Waals surface area contributed by atoms with Gasteiger partial charge < -0.3 is 14.6 Å². The SMILES string of the molecule is CNOC(=O)CC(c1ccccc1)c1cc2[nH]ccc2cc1OC. The van der Waals surface area contributed by atoms with Crippen LogP contribution in [0.5, 0.6) is 5.75 Å². The molecule has 3 aromatic rings. The summed E-state index contributed by atoms with van der Waals surface area (Å²) in [6.07, 6.45) is 2.11. The van der Waals surface area contributed by atoms with Crippen molar-refractivity contribution in [2.45, 2.75) is 12.3 Å². The Morgan fingerprint density at radius 2 is 2.00 bits per heavy atom. The molecule has 3 rings (SSSR count). The Morgan fingerprint density at radius 3 is 2.71 bits per heavy atom. The van der Waals surface area contributed by atoms with Crippen molar-refractivity contribution in [1.82, 2.24) is 10.5 Å². The number of methoxy groups -OCH3 is 1. The third-order valence-corrected chi connectivity index (χ3v) is 4.07. The van der Waals surface area contributed by atoms with Gasteiger partial charge in [0.05, 0.1) is 13.5 Å². The maximum absolute atomic E-state index is 12.1. The van der Waals surface area contributed by atoms with Gasteiger partial charge in [0.25, 0.3) is 0 Å². The molecule has 5 nitrogen and oxygen atoms in total. The number of carbonyl (C=O) groups excluding carboxylic acids is 1. The number of fused-ring (bicyclic) bond motifs is 1. The van der Waals surface area contributed by atoms with Gasteiger partial charge in [-0.25, -0.2) is 0 Å². The van der Waals surface area contributed by atoms with Crippen molar-refractivity contribution in [3.05, 3.63) is 65.9 Å². The molecule has 0 saturated carbocycles. The molecule has 0 spiro atoms. The van der Waals surface area contributed by atoms with Gasteiger partial charge in [0, 0.05) is 35.6 Å². The van der Waals surface area contributed by atoms with Crippen molar-refractivity contribution >= 4 is 16.9 Å². The maximum Gasteiger partial charge on any atom is 0.325 e. The van der Waals surface area contributed by atoms with E-state index in [2.05, 4.69) is 10.5 Å². The van der Waals surface area contributed by atoms with Gasteiger partial charge in [-0.2, -0.15) is 5.48 Å². The number of carbonyl (C=O) groups is 1. The topological polar surface area (TPSA) is 63.3 Å².